The smallest absolute Gasteiger partial charge is 0.0348 e. The summed E-state index contributed by atoms with van der Waals surface area (Å²) in [6.45, 7) is 4.49. The molecule has 0 heterocycles. The Morgan fingerprint density at radius 3 is 1.75 bits per heavy atom. The van der Waals surface area contributed by atoms with Gasteiger partial charge in [-0.25, -0.2) is 0 Å². The minimum Gasteiger partial charge on any atom is -0.0846 e. The van der Waals surface area contributed by atoms with E-state index in [9.17, 15) is 0 Å². The lowest BCUT2D eigenvalue weighted by molar-refractivity contribution is 0.592. The molecule has 0 aromatic heterocycles. The molecule has 0 heteroatoms. The average molecular weight is 222 g/mol. The van der Waals surface area contributed by atoms with Gasteiger partial charge >= 0.3 is 0 Å². The molecule has 0 saturated heterocycles. The Morgan fingerprint density at radius 2 is 1.12 bits per heavy atom. The van der Waals surface area contributed by atoms with Gasteiger partial charge in [-0.15, -0.1) is 0 Å². The van der Waals surface area contributed by atoms with Gasteiger partial charge in [0.15, 0.2) is 0 Å². The second-order valence-electron chi connectivity index (χ2n) is 4.55. The number of unbranched alkanes of at least 4 members (excludes halogenated alkanes) is 8. The van der Waals surface area contributed by atoms with Crippen molar-refractivity contribution in [3.63, 3.8) is 0 Å². The number of rotatable bonds is 11. The van der Waals surface area contributed by atoms with Gasteiger partial charge < -0.3 is 0 Å². The van der Waals surface area contributed by atoms with Crippen LogP contribution in [-0.2, 0) is 0 Å². The first-order valence-corrected chi connectivity index (χ1v) is 7.23. The molecule has 0 amide bonds. The van der Waals surface area contributed by atoms with Crippen LogP contribution < -0.4 is 0 Å². The minimum atomic E-state index is 1.21. The van der Waals surface area contributed by atoms with Crippen molar-refractivity contribution in [1.29, 1.82) is 0 Å². The summed E-state index contributed by atoms with van der Waals surface area (Å²) < 4.78 is 0. The fourth-order valence-corrected chi connectivity index (χ4v) is 1.74. The molecule has 0 aliphatic heterocycles. The van der Waals surface area contributed by atoms with E-state index in [1.807, 2.05) is 0 Å². The highest BCUT2D eigenvalue weighted by atomic mass is 13.9. The van der Waals surface area contributed by atoms with Crippen molar-refractivity contribution in [2.45, 2.75) is 78.1 Å². The topological polar surface area (TPSA) is 0 Å². The third-order valence-electron chi connectivity index (χ3n) is 2.81. The first-order chi connectivity index (χ1) is 7.91. The molecular weight excluding hydrogens is 192 g/mol. The Bertz CT molecular complexity index is 165. The molecule has 0 nitrogen and oxygen atoms in total. The van der Waals surface area contributed by atoms with E-state index in [4.69, 9.17) is 0 Å². The molecule has 0 radical (unpaired) electrons. The third-order valence-corrected chi connectivity index (χ3v) is 2.81. The summed E-state index contributed by atoms with van der Waals surface area (Å²) in [7, 11) is 0. The lowest BCUT2D eigenvalue weighted by Gasteiger charge is -1.98. The van der Waals surface area contributed by atoms with Crippen LogP contribution in [0.3, 0.4) is 0 Å². The lowest BCUT2D eigenvalue weighted by Crippen LogP contribution is -1.78. The average Bonchev–Trinajstić information content (AvgIpc) is 2.31. The van der Waals surface area contributed by atoms with E-state index in [0.29, 0.717) is 0 Å². The summed E-state index contributed by atoms with van der Waals surface area (Å²) in [5.41, 5.74) is 0. The second kappa shape index (κ2) is 14.5. The standard InChI is InChI=1S/C16H30/c1-3-5-7-9-11-13-15-16-14-12-10-8-6-4-2/h7,9,11,13H,3-6,8,10,12,14-16H2,1-2H3. The Balaban J connectivity index is 3.08. The number of hydrogen-bond acceptors (Lipinski definition) is 0. The summed E-state index contributed by atoms with van der Waals surface area (Å²) in [4.78, 5) is 0. The molecule has 0 bridgehead atoms. The van der Waals surface area contributed by atoms with Crippen LogP contribution in [0.15, 0.2) is 24.3 Å². The van der Waals surface area contributed by atoms with E-state index in [0.717, 1.165) is 0 Å². The first-order valence-electron chi connectivity index (χ1n) is 7.23. The van der Waals surface area contributed by atoms with E-state index in [2.05, 4.69) is 38.2 Å². The van der Waals surface area contributed by atoms with E-state index in [1.54, 1.807) is 0 Å². The molecule has 0 aromatic carbocycles. The maximum atomic E-state index is 2.30. The molecule has 0 spiro atoms. The third kappa shape index (κ3) is 13.5. The highest BCUT2D eigenvalue weighted by Crippen LogP contribution is 2.08. The highest BCUT2D eigenvalue weighted by molar-refractivity contribution is 5.02. The SMILES string of the molecule is CCCC=CC=CCCCCCCCCC. The van der Waals surface area contributed by atoms with Crippen molar-refractivity contribution >= 4 is 0 Å². The van der Waals surface area contributed by atoms with E-state index in [-0.39, 0.29) is 0 Å². The Kier molecular flexibility index (Phi) is 14.0. The van der Waals surface area contributed by atoms with E-state index in [1.165, 1.54) is 64.2 Å². The van der Waals surface area contributed by atoms with E-state index >= 15 is 0 Å². The Labute approximate surface area is 103 Å². The van der Waals surface area contributed by atoms with Gasteiger partial charge in [-0.05, 0) is 19.3 Å². The largest absolute Gasteiger partial charge is 0.0846 e. The predicted octanol–water partition coefficient (Wildman–Crippen LogP) is 6.04. The van der Waals surface area contributed by atoms with Gasteiger partial charge in [-0.3, -0.25) is 0 Å². The molecular formula is C16H30. The molecule has 0 aromatic rings. The van der Waals surface area contributed by atoms with Gasteiger partial charge in [0.1, 0.15) is 0 Å². The molecule has 0 atom stereocenters. The Hall–Kier alpha value is -0.520. The first kappa shape index (κ1) is 15.5. The van der Waals surface area contributed by atoms with Crippen LogP contribution >= 0.6 is 0 Å². The van der Waals surface area contributed by atoms with Crippen molar-refractivity contribution in [1.82, 2.24) is 0 Å². The molecule has 0 aliphatic carbocycles. The van der Waals surface area contributed by atoms with Gasteiger partial charge in [0.25, 0.3) is 0 Å². The van der Waals surface area contributed by atoms with Gasteiger partial charge in [-0.1, -0.05) is 83.1 Å². The zero-order chi connectivity index (χ0) is 11.9. The fraction of sp³-hybridized carbons (Fsp3) is 0.750. The molecule has 0 N–H and O–H groups in total. The minimum absolute atomic E-state index is 1.21. The van der Waals surface area contributed by atoms with Crippen molar-refractivity contribution in [2.75, 3.05) is 0 Å². The van der Waals surface area contributed by atoms with Crippen molar-refractivity contribution in [3.05, 3.63) is 24.3 Å². The van der Waals surface area contributed by atoms with Crippen molar-refractivity contribution < 1.29 is 0 Å². The molecule has 16 heavy (non-hydrogen) atoms. The van der Waals surface area contributed by atoms with E-state index < -0.39 is 0 Å². The fourth-order valence-electron chi connectivity index (χ4n) is 1.74. The normalized spacial score (nSPS) is 11.9. The Morgan fingerprint density at radius 1 is 0.562 bits per heavy atom. The molecule has 94 valence electrons. The van der Waals surface area contributed by atoms with Crippen LogP contribution in [0, 0.1) is 0 Å². The number of hydrogen-bond donors (Lipinski definition) is 0. The number of allylic oxidation sites excluding steroid dienone is 4. The second-order valence-corrected chi connectivity index (χ2v) is 4.55. The zero-order valence-corrected chi connectivity index (χ0v) is 11.4. The van der Waals surface area contributed by atoms with Gasteiger partial charge in [0.2, 0.25) is 0 Å². The highest BCUT2D eigenvalue weighted by Gasteiger charge is 1.88. The summed E-state index contributed by atoms with van der Waals surface area (Å²) >= 11 is 0. The summed E-state index contributed by atoms with van der Waals surface area (Å²) in [6, 6.07) is 0. The molecule has 0 aliphatic rings. The molecule has 0 rings (SSSR count). The summed E-state index contributed by atoms with van der Waals surface area (Å²) in [5, 5.41) is 0. The molecule has 0 unspecified atom stereocenters. The maximum absolute atomic E-state index is 2.30. The quantitative estimate of drug-likeness (QED) is 0.295. The van der Waals surface area contributed by atoms with Crippen LogP contribution in [0.5, 0.6) is 0 Å². The summed E-state index contributed by atoms with van der Waals surface area (Å²) in [5.74, 6) is 0. The van der Waals surface area contributed by atoms with Crippen molar-refractivity contribution in [3.8, 4) is 0 Å². The predicted molar refractivity (Wildman–Crippen MR) is 75.8 cm³/mol. The van der Waals surface area contributed by atoms with Crippen LogP contribution in [0.2, 0.25) is 0 Å². The summed E-state index contributed by atoms with van der Waals surface area (Å²) in [6.07, 6.45) is 22.5. The van der Waals surface area contributed by atoms with Gasteiger partial charge in [0.05, 0.1) is 0 Å². The molecule has 0 saturated carbocycles. The van der Waals surface area contributed by atoms with Gasteiger partial charge in [0, 0.05) is 0 Å². The van der Waals surface area contributed by atoms with Crippen LogP contribution in [0.4, 0.5) is 0 Å². The maximum Gasteiger partial charge on any atom is -0.0348 e. The van der Waals surface area contributed by atoms with Crippen molar-refractivity contribution in [2.24, 2.45) is 0 Å². The molecule has 0 fully saturated rings. The zero-order valence-electron chi connectivity index (χ0n) is 11.4. The van der Waals surface area contributed by atoms with Crippen LogP contribution in [0.25, 0.3) is 0 Å². The lowest BCUT2D eigenvalue weighted by atomic mass is 10.1. The van der Waals surface area contributed by atoms with Crippen LogP contribution in [0.1, 0.15) is 78.1 Å². The van der Waals surface area contributed by atoms with Gasteiger partial charge in [-0.2, -0.15) is 0 Å². The van der Waals surface area contributed by atoms with Crippen LogP contribution in [-0.4, -0.2) is 0 Å². The monoisotopic (exact) mass is 222 g/mol.